The Labute approximate surface area is 112 Å². The summed E-state index contributed by atoms with van der Waals surface area (Å²) in [5, 5.41) is 0. The second-order valence-corrected chi connectivity index (χ2v) is 5.48. The molecule has 1 aromatic rings. The second kappa shape index (κ2) is 4.89. The van der Waals surface area contributed by atoms with E-state index >= 15 is 0 Å². The maximum atomic E-state index is 13.6. The van der Waals surface area contributed by atoms with Crippen LogP contribution in [0.1, 0.15) is 31.7 Å². The Bertz CT molecular complexity index is 519. The molecule has 0 aromatic heterocycles. The van der Waals surface area contributed by atoms with Gasteiger partial charge in [-0.05, 0) is 25.3 Å². The number of piperidine rings is 1. The number of ketones is 1. The molecule has 19 heavy (non-hydrogen) atoms. The third kappa shape index (κ3) is 2.23. The van der Waals surface area contributed by atoms with Gasteiger partial charge in [-0.15, -0.1) is 0 Å². The number of rotatable bonds is 2. The number of hydrogen-bond donors (Lipinski definition) is 0. The zero-order chi connectivity index (χ0) is 13.4. The molecule has 0 aliphatic carbocycles. The standard InChI is InChI=1S/C16H18FNO/c1-11(17)16-14-8-7-13(9-15(16)19)18(14)10-12-5-3-2-4-6-12/h2-6,13-14H,7-10H2,1H3/b16-11-/t13-,14+/m0/s1. The smallest absolute Gasteiger partial charge is 0.164 e. The predicted molar refractivity (Wildman–Crippen MR) is 72.2 cm³/mol. The molecule has 2 aliphatic rings. The van der Waals surface area contributed by atoms with Crippen molar-refractivity contribution in [2.75, 3.05) is 0 Å². The summed E-state index contributed by atoms with van der Waals surface area (Å²) < 4.78 is 13.6. The zero-order valence-corrected chi connectivity index (χ0v) is 11.1. The maximum absolute atomic E-state index is 13.6. The molecule has 1 aromatic carbocycles. The number of nitrogens with zero attached hydrogens (tertiary/aromatic N) is 1. The van der Waals surface area contributed by atoms with E-state index < -0.39 is 0 Å². The first-order valence-corrected chi connectivity index (χ1v) is 6.86. The lowest BCUT2D eigenvalue weighted by molar-refractivity contribution is -0.119. The van der Waals surface area contributed by atoms with E-state index in [0.29, 0.717) is 18.0 Å². The van der Waals surface area contributed by atoms with E-state index in [2.05, 4.69) is 17.0 Å². The highest BCUT2D eigenvalue weighted by Gasteiger charge is 2.44. The van der Waals surface area contributed by atoms with E-state index in [9.17, 15) is 9.18 Å². The fraction of sp³-hybridized carbons (Fsp3) is 0.438. The Balaban J connectivity index is 1.87. The SMILES string of the molecule is C/C(F)=C1/C(=O)C[C@@H]2CC[C@H]1N2Cc1ccccc1. The lowest BCUT2D eigenvalue weighted by atomic mass is 9.94. The van der Waals surface area contributed by atoms with Crippen LogP contribution in [0.25, 0.3) is 0 Å². The molecule has 2 bridgehead atoms. The summed E-state index contributed by atoms with van der Waals surface area (Å²) in [5.41, 5.74) is 1.65. The van der Waals surface area contributed by atoms with Crippen LogP contribution in [-0.4, -0.2) is 22.8 Å². The fourth-order valence-corrected chi connectivity index (χ4v) is 3.43. The van der Waals surface area contributed by atoms with Crippen LogP contribution in [0.5, 0.6) is 0 Å². The van der Waals surface area contributed by atoms with E-state index in [0.717, 1.165) is 19.4 Å². The average Bonchev–Trinajstić information content (AvgIpc) is 2.66. The summed E-state index contributed by atoms with van der Waals surface area (Å²) in [6.45, 7) is 2.22. The van der Waals surface area contributed by atoms with Crippen LogP contribution in [0, 0.1) is 0 Å². The summed E-state index contributed by atoms with van der Waals surface area (Å²) >= 11 is 0. The summed E-state index contributed by atoms with van der Waals surface area (Å²) in [6.07, 6.45) is 2.37. The number of halogens is 1. The van der Waals surface area contributed by atoms with Gasteiger partial charge in [-0.25, -0.2) is 4.39 Å². The van der Waals surface area contributed by atoms with Crippen molar-refractivity contribution in [1.82, 2.24) is 4.90 Å². The van der Waals surface area contributed by atoms with Gasteiger partial charge < -0.3 is 0 Å². The van der Waals surface area contributed by atoms with Gasteiger partial charge in [0.1, 0.15) is 5.83 Å². The van der Waals surface area contributed by atoms with Crippen molar-refractivity contribution in [2.45, 2.75) is 44.8 Å². The van der Waals surface area contributed by atoms with Crippen LogP contribution in [0.3, 0.4) is 0 Å². The van der Waals surface area contributed by atoms with E-state index in [4.69, 9.17) is 0 Å². The highest BCUT2D eigenvalue weighted by atomic mass is 19.1. The van der Waals surface area contributed by atoms with Gasteiger partial charge in [-0.3, -0.25) is 9.69 Å². The molecule has 2 nitrogen and oxygen atoms in total. The highest BCUT2D eigenvalue weighted by Crippen LogP contribution is 2.39. The molecular weight excluding hydrogens is 241 g/mol. The Hall–Kier alpha value is -1.48. The Morgan fingerprint density at radius 2 is 2.05 bits per heavy atom. The van der Waals surface area contributed by atoms with Gasteiger partial charge >= 0.3 is 0 Å². The summed E-state index contributed by atoms with van der Waals surface area (Å²) in [7, 11) is 0. The number of benzene rings is 1. The molecule has 3 heteroatoms. The lowest BCUT2D eigenvalue weighted by Crippen LogP contribution is -2.44. The van der Waals surface area contributed by atoms with Crippen LogP contribution < -0.4 is 0 Å². The molecule has 0 N–H and O–H groups in total. The average molecular weight is 259 g/mol. The summed E-state index contributed by atoms with van der Waals surface area (Å²) in [6, 6.07) is 10.5. The van der Waals surface area contributed by atoms with Gasteiger partial charge in [0.25, 0.3) is 0 Å². The van der Waals surface area contributed by atoms with Gasteiger partial charge in [0.15, 0.2) is 5.78 Å². The Kier molecular flexibility index (Phi) is 3.23. The molecule has 2 saturated heterocycles. The lowest BCUT2D eigenvalue weighted by Gasteiger charge is -2.35. The third-order valence-corrected chi connectivity index (χ3v) is 4.28. The number of carbonyl (C=O) groups is 1. The molecule has 2 heterocycles. The molecular formula is C16H18FNO. The Morgan fingerprint density at radius 3 is 2.74 bits per heavy atom. The number of allylic oxidation sites excluding steroid dienone is 1. The van der Waals surface area contributed by atoms with Crippen molar-refractivity contribution < 1.29 is 9.18 Å². The minimum Gasteiger partial charge on any atom is -0.294 e. The fourth-order valence-electron chi connectivity index (χ4n) is 3.43. The van der Waals surface area contributed by atoms with Gasteiger partial charge in [0.05, 0.1) is 0 Å². The van der Waals surface area contributed by atoms with Gasteiger partial charge in [0, 0.05) is 30.6 Å². The summed E-state index contributed by atoms with van der Waals surface area (Å²) in [5.74, 6) is -0.287. The number of fused-ring (bicyclic) bond motifs is 2. The number of carbonyl (C=O) groups excluding carboxylic acids is 1. The Morgan fingerprint density at radius 1 is 1.32 bits per heavy atom. The second-order valence-electron chi connectivity index (χ2n) is 5.48. The largest absolute Gasteiger partial charge is 0.294 e. The van der Waals surface area contributed by atoms with Crippen molar-refractivity contribution in [3.05, 3.63) is 47.3 Å². The first-order chi connectivity index (χ1) is 9.16. The van der Waals surface area contributed by atoms with Crippen molar-refractivity contribution >= 4 is 5.78 Å². The molecule has 0 unspecified atom stereocenters. The normalized spacial score (nSPS) is 29.7. The zero-order valence-electron chi connectivity index (χ0n) is 11.1. The predicted octanol–water partition coefficient (Wildman–Crippen LogP) is 3.24. The maximum Gasteiger partial charge on any atom is 0.164 e. The van der Waals surface area contributed by atoms with Crippen LogP contribution in [0.15, 0.2) is 41.7 Å². The van der Waals surface area contributed by atoms with Gasteiger partial charge in [0.2, 0.25) is 0 Å². The van der Waals surface area contributed by atoms with E-state index in [1.807, 2.05) is 18.2 Å². The van der Waals surface area contributed by atoms with E-state index in [1.54, 1.807) is 0 Å². The van der Waals surface area contributed by atoms with E-state index in [-0.39, 0.29) is 17.7 Å². The van der Waals surface area contributed by atoms with Crippen LogP contribution in [0.2, 0.25) is 0 Å². The first-order valence-electron chi connectivity index (χ1n) is 6.86. The van der Waals surface area contributed by atoms with E-state index in [1.165, 1.54) is 12.5 Å². The molecule has 100 valence electrons. The van der Waals surface area contributed by atoms with Crippen molar-refractivity contribution in [1.29, 1.82) is 0 Å². The monoisotopic (exact) mass is 259 g/mol. The molecule has 0 radical (unpaired) electrons. The molecule has 2 fully saturated rings. The van der Waals surface area contributed by atoms with Gasteiger partial charge in [-0.1, -0.05) is 30.3 Å². The molecule has 2 atom stereocenters. The minimum absolute atomic E-state index is 0.0109. The third-order valence-electron chi connectivity index (χ3n) is 4.28. The minimum atomic E-state index is -0.298. The van der Waals surface area contributed by atoms with Crippen LogP contribution in [0.4, 0.5) is 4.39 Å². The van der Waals surface area contributed by atoms with Crippen LogP contribution in [-0.2, 0) is 11.3 Å². The number of hydrogen-bond acceptors (Lipinski definition) is 2. The van der Waals surface area contributed by atoms with Crippen molar-refractivity contribution in [3.8, 4) is 0 Å². The van der Waals surface area contributed by atoms with Crippen molar-refractivity contribution in [2.24, 2.45) is 0 Å². The first kappa shape index (κ1) is 12.5. The molecule has 2 aliphatic heterocycles. The van der Waals surface area contributed by atoms with Gasteiger partial charge in [-0.2, -0.15) is 0 Å². The van der Waals surface area contributed by atoms with Crippen molar-refractivity contribution in [3.63, 3.8) is 0 Å². The highest BCUT2D eigenvalue weighted by molar-refractivity contribution is 5.98. The number of Topliss-reactive ketones (excluding diaryl/α,β-unsaturated/α-hetero) is 1. The molecule has 3 rings (SSSR count). The molecule has 0 spiro atoms. The van der Waals surface area contributed by atoms with Crippen LogP contribution >= 0.6 is 0 Å². The topological polar surface area (TPSA) is 20.3 Å². The molecule has 0 saturated carbocycles. The summed E-state index contributed by atoms with van der Waals surface area (Å²) in [4.78, 5) is 14.3. The molecule has 0 amide bonds. The quantitative estimate of drug-likeness (QED) is 0.760.